The molecule has 0 amide bonds. The summed E-state index contributed by atoms with van der Waals surface area (Å²) in [6.45, 7) is 6.06. The first-order chi connectivity index (χ1) is 10.4. The highest BCUT2D eigenvalue weighted by atomic mass is 35.5. The molecule has 0 aromatic heterocycles. The molecule has 4 nitrogen and oxygen atoms in total. The van der Waals surface area contributed by atoms with Crippen molar-refractivity contribution in [2.75, 3.05) is 0 Å². The normalized spacial score (nSPS) is 12.0. The van der Waals surface area contributed by atoms with Crippen LogP contribution in [0.15, 0.2) is 24.3 Å². The van der Waals surface area contributed by atoms with Crippen LogP contribution in [-0.4, -0.2) is 18.0 Å². The zero-order chi connectivity index (χ0) is 16.5. The lowest BCUT2D eigenvalue weighted by Crippen LogP contribution is -2.20. The Bertz CT molecular complexity index is 482. The number of carbonyl (C=O) groups is 2. The van der Waals surface area contributed by atoms with Gasteiger partial charge in [-0.25, -0.2) is 0 Å². The first-order valence-corrected chi connectivity index (χ1v) is 7.86. The monoisotopic (exact) mass is 326 g/mol. The van der Waals surface area contributed by atoms with Crippen LogP contribution in [0.5, 0.6) is 0 Å². The van der Waals surface area contributed by atoms with Gasteiger partial charge in [0.15, 0.2) is 0 Å². The maximum atomic E-state index is 11.6. The quantitative estimate of drug-likeness (QED) is 0.674. The molecule has 1 atom stereocenters. The molecule has 0 saturated heterocycles. The smallest absolute Gasteiger partial charge is 0.306 e. The average Bonchev–Trinajstić information content (AvgIpc) is 2.46. The van der Waals surface area contributed by atoms with Crippen molar-refractivity contribution in [2.45, 2.75) is 52.7 Å². The van der Waals surface area contributed by atoms with Gasteiger partial charge in [0, 0.05) is 17.9 Å². The molecule has 0 fully saturated rings. The van der Waals surface area contributed by atoms with Gasteiger partial charge < -0.3 is 9.47 Å². The van der Waals surface area contributed by atoms with E-state index in [1.54, 1.807) is 24.3 Å². The molecular formula is C17H23ClO4. The number of rotatable bonds is 8. The van der Waals surface area contributed by atoms with E-state index in [2.05, 4.69) is 0 Å². The van der Waals surface area contributed by atoms with E-state index >= 15 is 0 Å². The lowest BCUT2D eigenvalue weighted by atomic mass is 10.1. The first kappa shape index (κ1) is 18.5. The highest BCUT2D eigenvalue weighted by Crippen LogP contribution is 2.11. The van der Waals surface area contributed by atoms with Crippen LogP contribution in [0.3, 0.4) is 0 Å². The van der Waals surface area contributed by atoms with Gasteiger partial charge in [-0.15, -0.1) is 0 Å². The van der Waals surface area contributed by atoms with Crippen LogP contribution in [0.4, 0.5) is 0 Å². The van der Waals surface area contributed by atoms with E-state index in [1.165, 1.54) is 0 Å². The van der Waals surface area contributed by atoms with Gasteiger partial charge in [-0.3, -0.25) is 9.59 Å². The molecule has 122 valence electrons. The number of carbonyl (C=O) groups excluding carboxylic acids is 2. The summed E-state index contributed by atoms with van der Waals surface area (Å²) in [5.41, 5.74) is 0.878. The summed E-state index contributed by atoms with van der Waals surface area (Å²) >= 11 is 5.78. The minimum atomic E-state index is -0.320. The van der Waals surface area contributed by atoms with Gasteiger partial charge in [0.05, 0.1) is 0 Å². The van der Waals surface area contributed by atoms with Crippen molar-refractivity contribution in [3.63, 3.8) is 0 Å². The molecule has 0 bridgehead atoms. The molecule has 0 aliphatic carbocycles. The largest absolute Gasteiger partial charge is 0.462 e. The van der Waals surface area contributed by atoms with E-state index in [4.69, 9.17) is 21.1 Å². The molecule has 22 heavy (non-hydrogen) atoms. The standard InChI is InChI=1S/C17H23ClO4/c1-12(2)13(3)22-17(20)6-4-5-16(19)21-11-14-7-9-15(18)10-8-14/h7-10,12-13H,4-6,11H2,1-3H3. The van der Waals surface area contributed by atoms with Gasteiger partial charge in [-0.1, -0.05) is 37.6 Å². The van der Waals surface area contributed by atoms with Crippen LogP contribution in [0.2, 0.25) is 5.02 Å². The van der Waals surface area contributed by atoms with E-state index in [0.717, 1.165) is 5.56 Å². The van der Waals surface area contributed by atoms with Crippen LogP contribution in [0, 0.1) is 5.92 Å². The fraction of sp³-hybridized carbons (Fsp3) is 0.529. The van der Waals surface area contributed by atoms with Crippen molar-refractivity contribution < 1.29 is 19.1 Å². The second-order valence-corrected chi connectivity index (χ2v) is 6.02. The lowest BCUT2D eigenvalue weighted by Gasteiger charge is -2.16. The van der Waals surface area contributed by atoms with E-state index in [0.29, 0.717) is 11.4 Å². The van der Waals surface area contributed by atoms with Crippen molar-refractivity contribution in [3.05, 3.63) is 34.9 Å². The zero-order valence-electron chi connectivity index (χ0n) is 13.3. The topological polar surface area (TPSA) is 52.6 Å². The minimum Gasteiger partial charge on any atom is -0.462 e. The van der Waals surface area contributed by atoms with Gasteiger partial charge >= 0.3 is 11.9 Å². The molecule has 1 aromatic rings. The third-order valence-corrected chi connectivity index (χ3v) is 3.58. The lowest BCUT2D eigenvalue weighted by molar-refractivity contribution is -0.150. The molecule has 0 heterocycles. The van der Waals surface area contributed by atoms with Crippen molar-refractivity contribution in [1.29, 1.82) is 0 Å². The molecule has 0 spiro atoms. The van der Waals surface area contributed by atoms with E-state index < -0.39 is 0 Å². The Labute approximate surface area is 136 Å². The summed E-state index contributed by atoms with van der Waals surface area (Å²) < 4.78 is 10.4. The average molecular weight is 327 g/mol. The maximum Gasteiger partial charge on any atom is 0.306 e. The number of ether oxygens (including phenoxy) is 2. The molecule has 0 aliphatic heterocycles. The second-order valence-electron chi connectivity index (χ2n) is 5.58. The summed E-state index contributed by atoms with van der Waals surface area (Å²) in [6, 6.07) is 7.10. The number of hydrogen-bond donors (Lipinski definition) is 0. The second kappa shape index (κ2) is 9.46. The molecule has 0 N–H and O–H groups in total. The number of esters is 2. The molecule has 5 heteroatoms. The third kappa shape index (κ3) is 7.46. The van der Waals surface area contributed by atoms with Crippen molar-refractivity contribution in [3.8, 4) is 0 Å². The van der Waals surface area contributed by atoms with Gasteiger partial charge in [-0.2, -0.15) is 0 Å². The van der Waals surface area contributed by atoms with E-state index in [1.807, 2.05) is 20.8 Å². The highest BCUT2D eigenvalue weighted by molar-refractivity contribution is 6.30. The molecular weight excluding hydrogens is 304 g/mol. The predicted octanol–water partition coefficient (Wildman–Crippen LogP) is 4.14. The fourth-order valence-electron chi connectivity index (χ4n) is 1.60. The molecule has 1 rings (SSSR count). The Morgan fingerprint density at radius 2 is 1.64 bits per heavy atom. The van der Waals surface area contributed by atoms with Crippen LogP contribution in [0.25, 0.3) is 0 Å². The third-order valence-electron chi connectivity index (χ3n) is 3.33. The van der Waals surface area contributed by atoms with Crippen LogP contribution in [0.1, 0.15) is 45.6 Å². The summed E-state index contributed by atoms with van der Waals surface area (Å²) in [5.74, 6) is -0.306. The molecule has 1 aromatic carbocycles. The fourth-order valence-corrected chi connectivity index (χ4v) is 1.72. The first-order valence-electron chi connectivity index (χ1n) is 7.48. The van der Waals surface area contributed by atoms with E-state index in [9.17, 15) is 9.59 Å². The summed E-state index contributed by atoms with van der Waals surface area (Å²) in [7, 11) is 0. The molecule has 0 saturated carbocycles. The molecule has 0 radical (unpaired) electrons. The van der Waals surface area contributed by atoms with Crippen LogP contribution >= 0.6 is 11.6 Å². The Balaban J connectivity index is 2.18. The molecule has 0 aliphatic rings. The number of halogens is 1. The van der Waals surface area contributed by atoms with Crippen LogP contribution < -0.4 is 0 Å². The Morgan fingerprint density at radius 1 is 1.05 bits per heavy atom. The predicted molar refractivity (Wildman–Crippen MR) is 85.5 cm³/mol. The van der Waals surface area contributed by atoms with Crippen LogP contribution in [-0.2, 0) is 25.7 Å². The Hall–Kier alpha value is -1.55. The number of hydrogen-bond acceptors (Lipinski definition) is 4. The highest BCUT2D eigenvalue weighted by Gasteiger charge is 2.13. The summed E-state index contributed by atoms with van der Waals surface area (Å²) in [5, 5.41) is 0.643. The SMILES string of the molecule is CC(C)C(C)OC(=O)CCCC(=O)OCc1ccc(Cl)cc1. The van der Waals surface area contributed by atoms with Gasteiger partial charge in [0.2, 0.25) is 0 Å². The Kier molecular flexibility index (Phi) is 7.96. The summed E-state index contributed by atoms with van der Waals surface area (Å²) in [6.07, 6.45) is 0.763. The van der Waals surface area contributed by atoms with Crippen molar-refractivity contribution in [2.24, 2.45) is 5.92 Å². The van der Waals surface area contributed by atoms with Crippen molar-refractivity contribution in [1.82, 2.24) is 0 Å². The Morgan fingerprint density at radius 3 is 2.23 bits per heavy atom. The number of benzene rings is 1. The summed E-state index contributed by atoms with van der Waals surface area (Å²) in [4.78, 5) is 23.2. The zero-order valence-corrected chi connectivity index (χ0v) is 14.1. The maximum absolute atomic E-state index is 11.6. The van der Waals surface area contributed by atoms with Gasteiger partial charge in [0.25, 0.3) is 0 Å². The molecule has 1 unspecified atom stereocenters. The van der Waals surface area contributed by atoms with Crippen molar-refractivity contribution >= 4 is 23.5 Å². The van der Waals surface area contributed by atoms with Gasteiger partial charge in [-0.05, 0) is 37.0 Å². The van der Waals surface area contributed by atoms with E-state index in [-0.39, 0.29) is 43.4 Å². The van der Waals surface area contributed by atoms with Gasteiger partial charge in [0.1, 0.15) is 12.7 Å². The minimum absolute atomic E-state index is 0.107.